The van der Waals surface area contributed by atoms with Gasteiger partial charge in [-0.05, 0) is 56.8 Å². The van der Waals surface area contributed by atoms with Crippen LogP contribution in [-0.4, -0.2) is 76.5 Å². The molecule has 3 aromatic rings. The Morgan fingerprint density at radius 1 is 1.09 bits per heavy atom. The maximum atomic E-state index is 13.6. The van der Waals surface area contributed by atoms with Gasteiger partial charge in [-0.15, -0.1) is 11.3 Å². The Hall–Kier alpha value is -2.58. The van der Waals surface area contributed by atoms with Crippen molar-refractivity contribution in [3.05, 3.63) is 35.0 Å². The molecule has 1 unspecified atom stereocenters. The summed E-state index contributed by atoms with van der Waals surface area (Å²) in [5, 5.41) is 1.19. The van der Waals surface area contributed by atoms with Crippen molar-refractivity contribution in [3.8, 4) is 11.4 Å². The van der Waals surface area contributed by atoms with Crippen LogP contribution in [-0.2, 0) is 17.6 Å². The van der Waals surface area contributed by atoms with Gasteiger partial charge in [0, 0.05) is 55.6 Å². The number of hydrogen-bond donors (Lipinski definition) is 0. The van der Waals surface area contributed by atoms with E-state index in [-0.39, 0.29) is 11.9 Å². The fourth-order valence-corrected chi connectivity index (χ4v) is 6.58. The highest BCUT2D eigenvalue weighted by atomic mass is 32.1. The van der Waals surface area contributed by atoms with Crippen LogP contribution in [0, 0.1) is 0 Å². The van der Waals surface area contributed by atoms with Gasteiger partial charge in [0.1, 0.15) is 16.7 Å². The van der Waals surface area contributed by atoms with E-state index in [1.807, 2.05) is 29.7 Å². The lowest BCUT2D eigenvalue weighted by atomic mass is 10.1. The SMILES string of the molecule is CN1CCN(C(=O)C2CCCN2c2nc(-c3cccnc3)nc3sc4c(c23)CCC4)CC1. The Morgan fingerprint density at radius 2 is 1.97 bits per heavy atom. The first-order chi connectivity index (χ1) is 15.7. The second kappa shape index (κ2) is 8.08. The summed E-state index contributed by atoms with van der Waals surface area (Å²) in [5.41, 5.74) is 2.33. The minimum atomic E-state index is -0.129. The molecule has 3 aliphatic rings. The lowest BCUT2D eigenvalue weighted by Gasteiger charge is -2.36. The fraction of sp³-hybridized carbons (Fsp3) is 0.500. The fourth-order valence-electron chi connectivity index (χ4n) is 5.32. The monoisotopic (exact) mass is 448 g/mol. The Labute approximate surface area is 192 Å². The van der Waals surface area contributed by atoms with E-state index in [0.717, 1.165) is 74.6 Å². The summed E-state index contributed by atoms with van der Waals surface area (Å²) in [5.74, 6) is 1.92. The summed E-state index contributed by atoms with van der Waals surface area (Å²) < 4.78 is 0. The number of carbonyl (C=O) groups excluding carboxylic acids is 1. The molecule has 166 valence electrons. The number of amides is 1. The van der Waals surface area contributed by atoms with Crippen molar-refractivity contribution in [2.75, 3.05) is 44.7 Å². The molecular weight excluding hydrogens is 420 g/mol. The lowest BCUT2D eigenvalue weighted by molar-refractivity contribution is -0.134. The van der Waals surface area contributed by atoms with Crippen LogP contribution in [0.1, 0.15) is 29.7 Å². The molecule has 32 heavy (non-hydrogen) atoms. The van der Waals surface area contributed by atoms with E-state index >= 15 is 0 Å². The van der Waals surface area contributed by atoms with Crippen molar-refractivity contribution in [3.63, 3.8) is 0 Å². The molecule has 0 spiro atoms. The van der Waals surface area contributed by atoms with Crippen LogP contribution in [0.2, 0.25) is 0 Å². The second-order valence-corrected chi connectivity index (χ2v) is 10.2. The number of pyridine rings is 1. The summed E-state index contributed by atoms with van der Waals surface area (Å²) >= 11 is 1.81. The van der Waals surface area contributed by atoms with Crippen molar-refractivity contribution in [1.29, 1.82) is 0 Å². The van der Waals surface area contributed by atoms with Crippen LogP contribution in [0.5, 0.6) is 0 Å². The Balaban J connectivity index is 1.43. The van der Waals surface area contributed by atoms with E-state index in [4.69, 9.17) is 9.97 Å². The predicted octanol–water partition coefficient (Wildman–Crippen LogP) is 2.98. The van der Waals surface area contributed by atoms with E-state index in [0.29, 0.717) is 5.82 Å². The summed E-state index contributed by atoms with van der Waals surface area (Å²) in [6, 6.07) is 3.80. The number of fused-ring (bicyclic) bond motifs is 3. The van der Waals surface area contributed by atoms with Crippen molar-refractivity contribution in [2.45, 2.75) is 38.1 Å². The highest BCUT2D eigenvalue weighted by molar-refractivity contribution is 7.19. The van der Waals surface area contributed by atoms with E-state index in [1.54, 1.807) is 6.20 Å². The molecule has 1 atom stereocenters. The molecular formula is C24H28N6OS. The molecule has 0 aromatic carbocycles. The largest absolute Gasteiger partial charge is 0.344 e. The minimum Gasteiger partial charge on any atom is -0.344 e. The number of thiophene rings is 1. The Bertz CT molecular complexity index is 1150. The van der Waals surface area contributed by atoms with Gasteiger partial charge in [0.05, 0.1) is 5.39 Å². The topological polar surface area (TPSA) is 65.5 Å². The van der Waals surface area contributed by atoms with Crippen LogP contribution < -0.4 is 4.90 Å². The predicted molar refractivity (Wildman–Crippen MR) is 127 cm³/mol. The number of anilines is 1. The van der Waals surface area contributed by atoms with Gasteiger partial charge in [-0.3, -0.25) is 9.78 Å². The number of nitrogens with zero attached hydrogens (tertiary/aromatic N) is 6. The Kier molecular flexibility index (Phi) is 5.07. The molecule has 0 N–H and O–H groups in total. The zero-order valence-corrected chi connectivity index (χ0v) is 19.3. The third-order valence-corrected chi connectivity index (χ3v) is 8.28. The van der Waals surface area contributed by atoms with Crippen LogP contribution >= 0.6 is 11.3 Å². The summed E-state index contributed by atoms with van der Waals surface area (Å²) in [4.78, 5) is 37.0. The van der Waals surface area contributed by atoms with Gasteiger partial charge < -0.3 is 14.7 Å². The second-order valence-electron chi connectivity index (χ2n) is 9.13. The number of rotatable bonds is 3. The summed E-state index contributed by atoms with van der Waals surface area (Å²) in [6.45, 7) is 4.38. The first-order valence-corrected chi connectivity index (χ1v) is 12.5. The molecule has 2 fully saturated rings. The molecule has 0 radical (unpaired) electrons. The van der Waals surface area contributed by atoms with Gasteiger partial charge >= 0.3 is 0 Å². The Morgan fingerprint density at radius 3 is 2.78 bits per heavy atom. The highest BCUT2D eigenvalue weighted by Crippen LogP contribution is 2.43. The van der Waals surface area contributed by atoms with Gasteiger partial charge in [0.2, 0.25) is 5.91 Å². The summed E-state index contributed by atoms with van der Waals surface area (Å²) in [6.07, 6.45) is 8.92. The van der Waals surface area contributed by atoms with Crippen molar-refractivity contribution < 1.29 is 4.79 Å². The van der Waals surface area contributed by atoms with Crippen LogP contribution in [0.3, 0.4) is 0 Å². The van der Waals surface area contributed by atoms with Crippen LogP contribution in [0.4, 0.5) is 5.82 Å². The van der Waals surface area contributed by atoms with Gasteiger partial charge in [-0.1, -0.05) is 0 Å². The van der Waals surface area contributed by atoms with E-state index in [9.17, 15) is 4.79 Å². The number of carbonyl (C=O) groups is 1. The van der Waals surface area contributed by atoms with Crippen molar-refractivity contribution in [2.24, 2.45) is 0 Å². The third-order valence-electron chi connectivity index (χ3n) is 7.09. The van der Waals surface area contributed by atoms with E-state index < -0.39 is 0 Å². The van der Waals surface area contributed by atoms with Crippen LogP contribution in [0.25, 0.3) is 21.6 Å². The summed E-state index contributed by atoms with van der Waals surface area (Å²) in [7, 11) is 2.12. The van der Waals surface area contributed by atoms with Gasteiger partial charge in [-0.2, -0.15) is 0 Å². The van der Waals surface area contributed by atoms with Gasteiger partial charge in [0.25, 0.3) is 0 Å². The highest BCUT2D eigenvalue weighted by Gasteiger charge is 2.37. The molecule has 1 amide bonds. The zero-order chi connectivity index (χ0) is 21.7. The van der Waals surface area contributed by atoms with E-state index in [2.05, 4.69) is 26.7 Å². The molecule has 0 bridgehead atoms. The molecule has 8 heteroatoms. The van der Waals surface area contributed by atoms with Gasteiger partial charge in [0.15, 0.2) is 5.82 Å². The number of piperazine rings is 1. The standard InChI is InChI=1S/C24H28N6OS/c1-28-11-13-29(14-12-28)24(31)18-7-4-10-30(18)22-20-17-6-2-8-19(17)32-23(20)27-21(26-22)16-5-3-9-25-15-16/h3,5,9,15,18H,2,4,6-8,10-14H2,1H3. The number of aryl methyl sites for hydroxylation is 2. The smallest absolute Gasteiger partial charge is 0.245 e. The molecule has 2 aliphatic heterocycles. The average Bonchev–Trinajstić information content (AvgIpc) is 3.55. The van der Waals surface area contributed by atoms with E-state index in [1.165, 1.54) is 22.2 Å². The quantitative estimate of drug-likeness (QED) is 0.614. The first-order valence-electron chi connectivity index (χ1n) is 11.7. The molecule has 5 heterocycles. The molecule has 3 aromatic heterocycles. The molecule has 0 saturated carbocycles. The van der Waals surface area contributed by atoms with Crippen LogP contribution in [0.15, 0.2) is 24.5 Å². The first kappa shape index (κ1) is 20.1. The minimum absolute atomic E-state index is 0.129. The van der Waals surface area contributed by atoms with Crippen molar-refractivity contribution >= 4 is 33.3 Å². The number of aromatic nitrogens is 3. The molecule has 2 saturated heterocycles. The van der Waals surface area contributed by atoms with Gasteiger partial charge in [-0.25, -0.2) is 9.97 Å². The molecule has 1 aliphatic carbocycles. The maximum Gasteiger partial charge on any atom is 0.245 e. The lowest BCUT2D eigenvalue weighted by Crippen LogP contribution is -2.53. The number of likely N-dealkylation sites (N-methyl/N-ethyl adjacent to an activating group) is 1. The normalized spacial score (nSPS) is 21.5. The molecule has 7 nitrogen and oxygen atoms in total. The molecule has 6 rings (SSSR count). The van der Waals surface area contributed by atoms with Crippen molar-refractivity contribution in [1.82, 2.24) is 24.8 Å². The third kappa shape index (κ3) is 3.36. The average molecular weight is 449 g/mol. The zero-order valence-electron chi connectivity index (χ0n) is 18.5. The maximum absolute atomic E-state index is 13.6. The number of hydrogen-bond acceptors (Lipinski definition) is 7.